The number of hydrogen-bond acceptors (Lipinski definition) is 2. The summed E-state index contributed by atoms with van der Waals surface area (Å²) < 4.78 is 11.4. The summed E-state index contributed by atoms with van der Waals surface area (Å²) in [6.07, 6.45) is 0. The first kappa shape index (κ1) is 23.2. The standard InChI is InChI=1S/C40H23NOS/c1-2-12-27(13-3-1)41-34-16-8-6-14-28(34)33-23-30(38-29-15-7-9-17-37(29)43-40(38)39(33)41)26-18-19-35-31(21-26)32-20-24-10-4-5-11-25(24)22-36(32)42-35/h1-23H. The first-order valence-corrected chi connectivity index (χ1v) is 15.4. The third kappa shape index (κ3) is 3.23. The number of nitrogens with zero attached hydrogens (tertiary/aromatic N) is 1. The van der Waals surface area contributed by atoms with E-state index in [0.717, 1.165) is 21.9 Å². The van der Waals surface area contributed by atoms with E-state index in [1.54, 1.807) is 0 Å². The van der Waals surface area contributed by atoms with Gasteiger partial charge in [0.05, 0.1) is 15.7 Å². The quantitative estimate of drug-likeness (QED) is 0.204. The minimum absolute atomic E-state index is 0.919. The van der Waals surface area contributed by atoms with Crippen LogP contribution in [0, 0.1) is 0 Å². The third-order valence-electron chi connectivity index (χ3n) is 8.95. The van der Waals surface area contributed by atoms with Crippen molar-refractivity contribution in [3.63, 3.8) is 0 Å². The highest BCUT2D eigenvalue weighted by Crippen LogP contribution is 2.48. The third-order valence-corrected chi connectivity index (χ3v) is 10.1. The Morgan fingerprint density at radius 2 is 1.23 bits per heavy atom. The van der Waals surface area contributed by atoms with Crippen molar-refractivity contribution in [3.8, 4) is 16.8 Å². The molecule has 10 aromatic rings. The van der Waals surface area contributed by atoms with E-state index < -0.39 is 0 Å². The second-order valence-electron chi connectivity index (χ2n) is 11.3. The topological polar surface area (TPSA) is 18.1 Å². The Balaban J connectivity index is 1.36. The first-order chi connectivity index (χ1) is 21.3. The lowest BCUT2D eigenvalue weighted by Gasteiger charge is -2.11. The van der Waals surface area contributed by atoms with Gasteiger partial charge in [-0.25, -0.2) is 0 Å². The van der Waals surface area contributed by atoms with Crippen LogP contribution in [-0.4, -0.2) is 4.57 Å². The summed E-state index contributed by atoms with van der Waals surface area (Å²) in [6.45, 7) is 0. The molecule has 0 N–H and O–H groups in total. The van der Waals surface area contributed by atoms with Crippen molar-refractivity contribution in [2.24, 2.45) is 0 Å². The number of para-hydroxylation sites is 2. The summed E-state index contributed by atoms with van der Waals surface area (Å²) >= 11 is 1.89. The van der Waals surface area contributed by atoms with Crippen molar-refractivity contribution in [3.05, 3.63) is 140 Å². The van der Waals surface area contributed by atoms with Crippen LogP contribution in [0.3, 0.4) is 0 Å². The van der Waals surface area contributed by atoms with Gasteiger partial charge < -0.3 is 8.98 Å². The summed E-state index contributed by atoms with van der Waals surface area (Å²) in [5, 5.41) is 9.88. The molecule has 0 amide bonds. The van der Waals surface area contributed by atoms with Gasteiger partial charge in [-0.3, -0.25) is 0 Å². The van der Waals surface area contributed by atoms with E-state index >= 15 is 0 Å². The van der Waals surface area contributed by atoms with Crippen LogP contribution in [0.1, 0.15) is 0 Å². The van der Waals surface area contributed by atoms with E-state index in [2.05, 4.69) is 144 Å². The zero-order valence-corrected chi connectivity index (χ0v) is 23.9. The van der Waals surface area contributed by atoms with Crippen molar-refractivity contribution in [2.45, 2.75) is 0 Å². The summed E-state index contributed by atoms with van der Waals surface area (Å²) in [4.78, 5) is 0. The highest BCUT2D eigenvalue weighted by molar-refractivity contribution is 7.26. The van der Waals surface area contributed by atoms with Crippen LogP contribution in [-0.2, 0) is 0 Å². The number of hydrogen-bond donors (Lipinski definition) is 0. The van der Waals surface area contributed by atoms with Crippen molar-refractivity contribution in [2.75, 3.05) is 0 Å². The van der Waals surface area contributed by atoms with Crippen LogP contribution in [0.15, 0.2) is 144 Å². The smallest absolute Gasteiger partial charge is 0.136 e. The zero-order chi connectivity index (χ0) is 28.1. The van der Waals surface area contributed by atoms with E-state index in [-0.39, 0.29) is 0 Å². The fourth-order valence-corrected chi connectivity index (χ4v) is 8.30. The van der Waals surface area contributed by atoms with Gasteiger partial charge in [0.25, 0.3) is 0 Å². The van der Waals surface area contributed by atoms with E-state index in [4.69, 9.17) is 4.42 Å². The molecule has 0 aliphatic rings. The Hall–Kier alpha value is -5.38. The number of thiophene rings is 1. The highest BCUT2D eigenvalue weighted by Gasteiger charge is 2.21. The predicted molar refractivity (Wildman–Crippen MR) is 184 cm³/mol. The molecule has 3 heterocycles. The number of benzene rings is 7. The Morgan fingerprint density at radius 3 is 2.12 bits per heavy atom. The van der Waals surface area contributed by atoms with Crippen LogP contribution in [0.25, 0.3) is 91.5 Å². The molecule has 0 aliphatic heterocycles. The average molecular weight is 566 g/mol. The number of furan rings is 1. The average Bonchev–Trinajstić information content (AvgIpc) is 3.73. The molecule has 3 aromatic heterocycles. The van der Waals surface area contributed by atoms with Crippen molar-refractivity contribution < 1.29 is 4.42 Å². The molecule has 43 heavy (non-hydrogen) atoms. The molecule has 10 rings (SSSR count). The fourth-order valence-electron chi connectivity index (χ4n) is 7.03. The molecule has 0 atom stereocenters. The molecule has 0 saturated heterocycles. The summed E-state index contributed by atoms with van der Waals surface area (Å²) in [5.41, 5.74) is 7.99. The largest absolute Gasteiger partial charge is 0.456 e. The van der Waals surface area contributed by atoms with Crippen molar-refractivity contribution >= 4 is 86.0 Å². The normalized spacial score (nSPS) is 12.2. The second kappa shape index (κ2) is 8.57. The number of fused-ring (bicyclic) bond motifs is 11. The molecular formula is C40H23NOS. The molecule has 0 unspecified atom stereocenters. The van der Waals surface area contributed by atoms with Gasteiger partial charge in [-0.05, 0) is 76.5 Å². The second-order valence-corrected chi connectivity index (χ2v) is 12.4. The monoisotopic (exact) mass is 565 g/mol. The Morgan fingerprint density at radius 1 is 0.512 bits per heavy atom. The molecular weight excluding hydrogens is 543 g/mol. The SMILES string of the molecule is c1ccc(-n2c3ccccc3c3cc(-c4ccc5oc6cc7ccccc7cc6c5c4)c4c5ccccc5sc4c32)cc1. The van der Waals surface area contributed by atoms with Gasteiger partial charge in [0.1, 0.15) is 11.2 Å². The van der Waals surface area contributed by atoms with Gasteiger partial charge >= 0.3 is 0 Å². The van der Waals surface area contributed by atoms with Crippen LogP contribution >= 0.6 is 11.3 Å². The maximum atomic E-state index is 6.37. The predicted octanol–water partition coefficient (Wildman–Crippen LogP) is 11.9. The maximum Gasteiger partial charge on any atom is 0.136 e. The van der Waals surface area contributed by atoms with Gasteiger partial charge in [0, 0.05) is 42.7 Å². The summed E-state index contributed by atoms with van der Waals surface area (Å²) in [7, 11) is 0. The number of rotatable bonds is 2. The van der Waals surface area contributed by atoms with Gasteiger partial charge in [-0.2, -0.15) is 0 Å². The molecule has 0 spiro atoms. The molecule has 0 fully saturated rings. The zero-order valence-electron chi connectivity index (χ0n) is 23.0. The molecule has 0 radical (unpaired) electrons. The Bertz CT molecular complexity index is 2720. The molecule has 0 bridgehead atoms. The van der Waals surface area contributed by atoms with E-state index in [0.29, 0.717) is 0 Å². The molecule has 200 valence electrons. The van der Waals surface area contributed by atoms with Gasteiger partial charge in [0.2, 0.25) is 0 Å². The Labute approximate surface area is 250 Å². The van der Waals surface area contributed by atoms with E-state index in [1.165, 1.54) is 69.6 Å². The highest BCUT2D eigenvalue weighted by atomic mass is 32.1. The van der Waals surface area contributed by atoms with Gasteiger partial charge in [-0.15, -0.1) is 11.3 Å². The lowest BCUT2D eigenvalue weighted by molar-refractivity contribution is 0.669. The molecule has 7 aromatic carbocycles. The number of aromatic nitrogens is 1. The minimum Gasteiger partial charge on any atom is -0.456 e. The van der Waals surface area contributed by atoms with Crippen LogP contribution in [0.4, 0.5) is 0 Å². The first-order valence-electron chi connectivity index (χ1n) is 14.6. The maximum absolute atomic E-state index is 6.37. The van der Waals surface area contributed by atoms with Crippen LogP contribution < -0.4 is 0 Å². The van der Waals surface area contributed by atoms with E-state index in [1.807, 2.05) is 11.3 Å². The summed E-state index contributed by atoms with van der Waals surface area (Å²) in [6, 6.07) is 50.5. The lowest BCUT2D eigenvalue weighted by Crippen LogP contribution is -1.93. The van der Waals surface area contributed by atoms with Crippen molar-refractivity contribution in [1.82, 2.24) is 4.57 Å². The van der Waals surface area contributed by atoms with Gasteiger partial charge in [-0.1, -0.05) is 84.9 Å². The van der Waals surface area contributed by atoms with Crippen molar-refractivity contribution in [1.29, 1.82) is 0 Å². The summed E-state index contributed by atoms with van der Waals surface area (Å²) in [5.74, 6) is 0. The Kier molecular flexibility index (Phi) is 4.63. The van der Waals surface area contributed by atoms with Gasteiger partial charge in [0.15, 0.2) is 0 Å². The fraction of sp³-hybridized carbons (Fsp3) is 0. The molecule has 3 heteroatoms. The lowest BCUT2D eigenvalue weighted by atomic mass is 9.95. The molecule has 2 nitrogen and oxygen atoms in total. The minimum atomic E-state index is 0.919. The van der Waals surface area contributed by atoms with Crippen LogP contribution in [0.5, 0.6) is 0 Å². The molecule has 0 aliphatic carbocycles. The molecule has 0 saturated carbocycles. The van der Waals surface area contributed by atoms with E-state index in [9.17, 15) is 0 Å². The van der Waals surface area contributed by atoms with Crippen LogP contribution in [0.2, 0.25) is 0 Å².